The topological polar surface area (TPSA) is 115 Å². The number of H-pyrrole nitrogens is 2. The van der Waals surface area contributed by atoms with Gasteiger partial charge in [0.2, 0.25) is 0 Å². The Bertz CT molecular complexity index is 2000. The predicted molar refractivity (Wildman–Crippen MR) is 170 cm³/mol. The molecule has 234 valence electrons. The molecule has 3 aromatic carbocycles. The molecule has 6 aromatic rings. The van der Waals surface area contributed by atoms with Gasteiger partial charge in [-0.1, -0.05) is 66.7 Å². The van der Waals surface area contributed by atoms with Crippen molar-refractivity contribution in [2.75, 3.05) is 13.1 Å². The maximum absolute atomic E-state index is 12.5. The Balaban J connectivity index is 0.000000480. The van der Waals surface area contributed by atoms with E-state index in [-0.39, 0.29) is 5.56 Å². The molecule has 1 fully saturated rings. The number of aromatic amines is 2. The van der Waals surface area contributed by atoms with Crippen molar-refractivity contribution in [3.8, 4) is 22.4 Å². The molecule has 7 rings (SSSR count). The third-order valence-electron chi connectivity index (χ3n) is 8.10. The lowest BCUT2D eigenvalue weighted by molar-refractivity contribution is -0.192. The highest BCUT2D eigenvalue weighted by molar-refractivity contribution is 5.91. The number of imidazole rings is 1. The van der Waals surface area contributed by atoms with E-state index in [9.17, 15) is 18.0 Å². The minimum absolute atomic E-state index is 0.122. The molecule has 1 saturated heterocycles. The summed E-state index contributed by atoms with van der Waals surface area (Å²) >= 11 is 0. The Morgan fingerprint density at radius 2 is 1.54 bits per heavy atom. The zero-order valence-corrected chi connectivity index (χ0v) is 24.6. The van der Waals surface area contributed by atoms with Crippen LogP contribution in [0.25, 0.3) is 44.3 Å². The van der Waals surface area contributed by atoms with Crippen LogP contribution >= 0.6 is 0 Å². The summed E-state index contributed by atoms with van der Waals surface area (Å²) in [6, 6.07) is 31.0. The third-order valence-corrected chi connectivity index (χ3v) is 8.10. The lowest BCUT2D eigenvalue weighted by Crippen LogP contribution is -2.32. The molecule has 1 aliphatic heterocycles. The number of rotatable bonds is 5. The highest BCUT2D eigenvalue weighted by Crippen LogP contribution is 2.33. The first-order chi connectivity index (χ1) is 22.2. The van der Waals surface area contributed by atoms with Gasteiger partial charge >= 0.3 is 12.1 Å². The molecule has 8 nitrogen and oxygen atoms in total. The molecule has 0 atom stereocenters. The van der Waals surface area contributed by atoms with Gasteiger partial charge in [0.15, 0.2) is 0 Å². The molecule has 0 bridgehead atoms. The predicted octanol–water partition coefficient (Wildman–Crippen LogP) is 7.15. The maximum Gasteiger partial charge on any atom is 0.490 e. The number of para-hydroxylation sites is 2. The van der Waals surface area contributed by atoms with Gasteiger partial charge in [-0.2, -0.15) is 13.2 Å². The van der Waals surface area contributed by atoms with Gasteiger partial charge in [-0.25, -0.2) is 14.8 Å². The quantitative estimate of drug-likeness (QED) is 0.188. The number of nitrogens with zero attached hydrogens (tertiary/aromatic N) is 3. The molecule has 3 N–H and O–H groups in total. The molecule has 46 heavy (non-hydrogen) atoms. The van der Waals surface area contributed by atoms with Crippen LogP contribution < -0.4 is 5.56 Å². The van der Waals surface area contributed by atoms with Crippen LogP contribution in [0.1, 0.15) is 30.1 Å². The zero-order valence-electron chi connectivity index (χ0n) is 24.6. The van der Waals surface area contributed by atoms with Gasteiger partial charge in [-0.05, 0) is 61.3 Å². The van der Waals surface area contributed by atoms with Gasteiger partial charge in [-0.3, -0.25) is 9.69 Å². The van der Waals surface area contributed by atoms with Gasteiger partial charge in [0.05, 0.1) is 27.6 Å². The van der Waals surface area contributed by atoms with Crippen LogP contribution in [-0.4, -0.2) is 55.2 Å². The number of carboxylic acid groups (broad SMARTS) is 1. The van der Waals surface area contributed by atoms with Crippen LogP contribution in [0.2, 0.25) is 0 Å². The second-order valence-electron chi connectivity index (χ2n) is 11.2. The third kappa shape index (κ3) is 6.84. The van der Waals surface area contributed by atoms with Crippen molar-refractivity contribution in [1.29, 1.82) is 0 Å². The molecular formula is C35H30F3N5O3. The number of halogens is 3. The number of piperidine rings is 1. The number of carboxylic acids is 1. The maximum atomic E-state index is 12.5. The number of nitrogens with one attached hydrogen (secondary N) is 2. The Kier molecular flexibility index (Phi) is 8.67. The van der Waals surface area contributed by atoms with E-state index in [1.54, 1.807) is 6.20 Å². The van der Waals surface area contributed by atoms with E-state index in [1.807, 2.05) is 36.4 Å². The smallest absolute Gasteiger partial charge is 0.475 e. The molecule has 0 spiro atoms. The SMILES string of the molecule is O=C(O)C(F)(F)F.O=c1[nH]ccc2nc(-c3ccc(CN4CCC(c5nc6ccccc6[nH]5)CC4)cc3)c(-c3ccccc3)cc12. The number of fused-ring (bicyclic) bond motifs is 2. The van der Waals surface area contributed by atoms with Crippen LogP contribution in [0.15, 0.2) is 102 Å². The highest BCUT2D eigenvalue weighted by atomic mass is 19.4. The van der Waals surface area contributed by atoms with Gasteiger partial charge < -0.3 is 15.1 Å². The molecule has 0 radical (unpaired) electrons. The van der Waals surface area contributed by atoms with Crippen molar-refractivity contribution in [2.24, 2.45) is 0 Å². The number of carbonyl (C=O) groups is 1. The van der Waals surface area contributed by atoms with Gasteiger partial charge in [0.1, 0.15) is 5.82 Å². The fraction of sp³-hybridized carbons (Fsp3) is 0.200. The summed E-state index contributed by atoms with van der Waals surface area (Å²) in [6.07, 6.45) is -1.21. The van der Waals surface area contributed by atoms with E-state index in [1.165, 1.54) is 5.56 Å². The zero-order chi connectivity index (χ0) is 32.3. The van der Waals surface area contributed by atoms with E-state index in [0.29, 0.717) is 16.8 Å². The van der Waals surface area contributed by atoms with E-state index in [0.717, 1.165) is 71.7 Å². The first-order valence-electron chi connectivity index (χ1n) is 14.8. The molecule has 0 aliphatic carbocycles. The van der Waals surface area contributed by atoms with Crippen LogP contribution in [0.4, 0.5) is 13.2 Å². The lowest BCUT2D eigenvalue weighted by Gasteiger charge is -2.31. The average Bonchev–Trinajstić information content (AvgIpc) is 3.50. The summed E-state index contributed by atoms with van der Waals surface area (Å²) < 4.78 is 31.7. The van der Waals surface area contributed by atoms with Crippen molar-refractivity contribution in [3.63, 3.8) is 0 Å². The summed E-state index contributed by atoms with van der Waals surface area (Å²) in [5.74, 6) is -1.15. The van der Waals surface area contributed by atoms with Gasteiger partial charge in [0, 0.05) is 29.8 Å². The van der Waals surface area contributed by atoms with E-state index >= 15 is 0 Å². The average molecular weight is 626 g/mol. The van der Waals surface area contributed by atoms with Crippen molar-refractivity contribution < 1.29 is 23.1 Å². The second kappa shape index (κ2) is 13.0. The number of hydrogen-bond acceptors (Lipinski definition) is 5. The van der Waals surface area contributed by atoms with Crippen molar-refractivity contribution >= 4 is 27.9 Å². The largest absolute Gasteiger partial charge is 0.490 e. The molecule has 0 unspecified atom stereocenters. The summed E-state index contributed by atoms with van der Waals surface area (Å²) in [4.78, 5) is 40.0. The highest BCUT2D eigenvalue weighted by Gasteiger charge is 2.38. The van der Waals surface area contributed by atoms with Crippen LogP contribution in [-0.2, 0) is 11.3 Å². The van der Waals surface area contributed by atoms with Crippen LogP contribution in [0.3, 0.4) is 0 Å². The van der Waals surface area contributed by atoms with Gasteiger partial charge in [-0.15, -0.1) is 0 Å². The standard InChI is InChI=1S/C33H29N5O.C2HF3O2/c39-33-27-20-26(23-6-2-1-3-7-23)31(35-28(27)14-17-34-33)24-12-10-22(11-13-24)21-38-18-15-25(16-19-38)32-36-29-8-4-5-9-30(29)37-32;3-2(4,5)1(6)7/h1-14,17,20,25H,15-16,18-19,21H2,(H,34,39)(H,36,37);(H,6,7). The first kappa shape index (κ1) is 30.7. The summed E-state index contributed by atoms with van der Waals surface area (Å²) in [7, 11) is 0. The number of aromatic nitrogens is 4. The van der Waals surface area contributed by atoms with Crippen LogP contribution in [0, 0.1) is 0 Å². The molecule has 11 heteroatoms. The fourth-order valence-corrected chi connectivity index (χ4v) is 5.72. The minimum atomic E-state index is -5.08. The fourth-order valence-electron chi connectivity index (χ4n) is 5.72. The van der Waals surface area contributed by atoms with Gasteiger partial charge in [0.25, 0.3) is 5.56 Å². The molecular weight excluding hydrogens is 595 g/mol. The Hall–Kier alpha value is -5.29. The van der Waals surface area contributed by atoms with Crippen molar-refractivity contribution in [1.82, 2.24) is 24.8 Å². The number of alkyl halides is 3. The van der Waals surface area contributed by atoms with E-state index in [4.69, 9.17) is 19.9 Å². The summed E-state index contributed by atoms with van der Waals surface area (Å²) in [6.45, 7) is 3.05. The number of likely N-dealkylation sites (tertiary alicyclic amines) is 1. The number of benzene rings is 3. The summed E-state index contributed by atoms with van der Waals surface area (Å²) in [5.41, 5.74) is 7.98. The van der Waals surface area contributed by atoms with Crippen molar-refractivity contribution in [3.05, 3.63) is 119 Å². The minimum Gasteiger partial charge on any atom is -0.475 e. The molecule has 0 saturated carbocycles. The number of pyridine rings is 2. The van der Waals surface area contributed by atoms with E-state index in [2.05, 4.69) is 69.5 Å². The first-order valence-corrected chi connectivity index (χ1v) is 14.8. The monoisotopic (exact) mass is 625 g/mol. The Labute approximate surface area is 261 Å². The summed E-state index contributed by atoms with van der Waals surface area (Å²) in [5, 5.41) is 7.72. The van der Waals surface area contributed by atoms with E-state index < -0.39 is 12.1 Å². The number of aliphatic carboxylic acids is 1. The van der Waals surface area contributed by atoms with Crippen LogP contribution in [0.5, 0.6) is 0 Å². The molecule has 4 heterocycles. The Morgan fingerprint density at radius 3 is 2.22 bits per heavy atom. The normalized spacial score (nSPS) is 14.2. The van der Waals surface area contributed by atoms with Crippen molar-refractivity contribution in [2.45, 2.75) is 31.5 Å². The molecule has 0 amide bonds. The lowest BCUT2D eigenvalue weighted by atomic mass is 9.95. The second-order valence-corrected chi connectivity index (χ2v) is 11.2. The molecule has 3 aromatic heterocycles. The molecule has 1 aliphatic rings. The number of hydrogen-bond donors (Lipinski definition) is 3. The Morgan fingerprint density at radius 1 is 0.870 bits per heavy atom.